The first kappa shape index (κ1) is 52.2. The summed E-state index contributed by atoms with van der Waals surface area (Å²) >= 11 is 0. The van der Waals surface area contributed by atoms with Gasteiger partial charge in [0.05, 0.1) is 0 Å². The number of fused-ring (bicyclic) bond motifs is 4. The van der Waals surface area contributed by atoms with Gasteiger partial charge in [0.25, 0.3) is 0 Å². The number of hydrogen-bond acceptors (Lipinski definition) is 4. The zero-order valence-electron chi connectivity index (χ0n) is 45.9. The summed E-state index contributed by atoms with van der Waals surface area (Å²) in [6.07, 6.45) is 1.91. The Balaban J connectivity index is 0.00000657. The van der Waals surface area contributed by atoms with Gasteiger partial charge in [-0.3, -0.25) is 0 Å². The fraction of sp³-hybridized carbons (Fsp3) is 0.229. The van der Waals surface area contributed by atoms with Crippen molar-refractivity contribution in [1.29, 1.82) is 0 Å². The summed E-state index contributed by atoms with van der Waals surface area (Å²) in [5, 5.41) is 2.22. The van der Waals surface area contributed by atoms with E-state index in [0.717, 1.165) is 61.5 Å². The molecule has 0 N–H and O–H groups in total. The van der Waals surface area contributed by atoms with Crippen LogP contribution in [0.25, 0.3) is 61.0 Å². The first-order valence-electron chi connectivity index (χ1n) is 26.4. The van der Waals surface area contributed by atoms with E-state index in [4.69, 9.17) is 9.72 Å². The normalized spacial score (nSPS) is 13.1. The molecule has 0 atom stereocenters. The van der Waals surface area contributed by atoms with E-state index in [-0.39, 0.29) is 42.7 Å². The Morgan fingerprint density at radius 1 is 0.447 bits per heavy atom. The summed E-state index contributed by atoms with van der Waals surface area (Å²) in [5.74, 6) is 2.03. The zero-order chi connectivity index (χ0) is 52.6. The molecule has 0 aliphatic carbocycles. The van der Waals surface area contributed by atoms with Crippen molar-refractivity contribution in [3.8, 4) is 50.7 Å². The van der Waals surface area contributed by atoms with Crippen molar-refractivity contribution in [2.45, 2.75) is 105 Å². The molecule has 386 valence electrons. The predicted molar refractivity (Wildman–Crippen MR) is 315 cm³/mol. The van der Waals surface area contributed by atoms with Gasteiger partial charge in [-0.25, -0.2) is 4.98 Å². The molecule has 0 spiro atoms. The molecule has 0 radical (unpaired) electrons. The second-order valence-electron chi connectivity index (χ2n) is 24.3. The summed E-state index contributed by atoms with van der Waals surface area (Å²) in [4.78, 5) is 9.54. The van der Waals surface area contributed by atoms with E-state index in [0.29, 0.717) is 11.5 Å². The van der Waals surface area contributed by atoms with E-state index in [2.05, 4.69) is 274 Å². The summed E-state index contributed by atoms with van der Waals surface area (Å²) in [6.45, 7) is 29.8. The summed E-state index contributed by atoms with van der Waals surface area (Å²) in [6, 6.07) is 70.9. The van der Waals surface area contributed by atoms with Crippen LogP contribution in [0.5, 0.6) is 11.5 Å². The van der Waals surface area contributed by atoms with E-state index in [9.17, 15) is 0 Å². The van der Waals surface area contributed by atoms with Crippen LogP contribution in [0.2, 0.25) is 0 Å². The van der Waals surface area contributed by atoms with Gasteiger partial charge in [-0.1, -0.05) is 198 Å². The molecule has 0 bridgehead atoms. The number of rotatable bonds is 8. The topological polar surface area (TPSA) is 33.5 Å². The van der Waals surface area contributed by atoms with Gasteiger partial charge in [0.2, 0.25) is 0 Å². The number of aromatic nitrogens is 2. The number of hydrogen-bond donors (Lipinski definition) is 0. The van der Waals surface area contributed by atoms with Gasteiger partial charge in [-0.05, 0) is 108 Å². The third kappa shape index (κ3) is 9.80. The molecule has 1 aliphatic rings. The van der Waals surface area contributed by atoms with Crippen molar-refractivity contribution >= 4 is 44.6 Å². The SMILES string of the molecule is CC(C)(C)c1ccnc(-n2c3[c-]c(Oc4[c-]c(N5[CH-]N(c6c(-c7ccc(-c8ccccc8)c(C(C)(C)C)c7)cccc6-c6ccc(C(C)(C)C)cc6C(C)(C)C)c6ccccc65)ccc4)ccc3c3ccccc32)c1.[Pt]. The van der Waals surface area contributed by atoms with Crippen molar-refractivity contribution in [1.82, 2.24) is 9.55 Å². The van der Waals surface area contributed by atoms with Gasteiger partial charge in [-0.15, -0.1) is 48.1 Å². The van der Waals surface area contributed by atoms with E-state index in [1.54, 1.807) is 0 Å². The van der Waals surface area contributed by atoms with Crippen LogP contribution in [0.15, 0.2) is 182 Å². The number of ether oxygens (including phenoxy) is 1. The van der Waals surface area contributed by atoms with E-state index < -0.39 is 0 Å². The maximum atomic E-state index is 6.76. The van der Waals surface area contributed by atoms with Crippen LogP contribution in [0.1, 0.15) is 105 Å². The summed E-state index contributed by atoms with van der Waals surface area (Å²) < 4.78 is 8.97. The maximum Gasteiger partial charge on any atom is 0.135 e. The molecule has 76 heavy (non-hydrogen) atoms. The van der Waals surface area contributed by atoms with Crippen LogP contribution in [0.3, 0.4) is 0 Å². The maximum absolute atomic E-state index is 6.76. The third-order valence-corrected chi connectivity index (χ3v) is 14.7. The molecule has 6 heteroatoms. The van der Waals surface area contributed by atoms with Gasteiger partial charge in [0, 0.05) is 72.5 Å². The average molecular weight is 1180 g/mol. The van der Waals surface area contributed by atoms with E-state index >= 15 is 0 Å². The molecular weight excluding hydrogens is 1110 g/mol. The Morgan fingerprint density at radius 2 is 1.07 bits per heavy atom. The predicted octanol–water partition coefficient (Wildman–Crippen LogP) is 19.2. The molecule has 10 aromatic rings. The van der Waals surface area contributed by atoms with Gasteiger partial charge in [0.15, 0.2) is 0 Å². The van der Waals surface area contributed by atoms with Crippen LogP contribution in [0, 0.1) is 18.8 Å². The summed E-state index contributed by atoms with van der Waals surface area (Å²) in [5.41, 5.74) is 18.1. The van der Waals surface area contributed by atoms with Crippen molar-refractivity contribution in [3.63, 3.8) is 0 Å². The van der Waals surface area contributed by atoms with Gasteiger partial charge >= 0.3 is 0 Å². The largest absolute Gasteiger partial charge is 0.509 e. The number of benzene rings is 8. The van der Waals surface area contributed by atoms with Crippen molar-refractivity contribution in [2.24, 2.45) is 0 Å². The number of para-hydroxylation sites is 4. The van der Waals surface area contributed by atoms with Gasteiger partial charge in [-0.2, -0.15) is 12.1 Å². The minimum atomic E-state index is -0.137. The Labute approximate surface area is 465 Å². The minimum Gasteiger partial charge on any atom is -0.509 e. The molecule has 0 fully saturated rings. The smallest absolute Gasteiger partial charge is 0.135 e. The minimum absolute atomic E-state index is 0. The molecule has 11 rings (SSSR count). The first-order chi connectivity index (χ1) is 35.7. The molecule has 8 aromatic carbocycles. The van der Waals surface area contributed by atoms with Crippen LogP contribution in [-0.2, 0) is 42.7 Å². The zero-order valence-corrected chi connectivity index (χ0v) is 48.2. The molecule has 5 nitrogen and oxygen atoms in total. The molecular formula is C70H67N4OPt-3. The van der Waals surface area contributed by atoms with Gasteiger partial charge in [0.1, 0.15) is 5.82 Å². The fourth-order valence-electron chi connectivity index (χ4n) is 10.7. The second-order valence-corrected chi connectivity index (χ2v) is 24.3. The van der Waals surface area contributed by atoms with Crippen LogP contribution < -0.4 is 14.5 Å². The number of nitrogens with zero attached hydrogens (tertiary/aromatic N) is 4. The molecule has 3 heterocycles. The quantitative estimate of drug-likeness (QED) is 0.142. The standard InChI is InChI=1S/C70H67N4O.Pt/c1-67(2,3)48-33-36-55(60(41-48)70(10,11)12)58-28-21-27-54(47-32-35-53(46-22-14-13-15-23-46)59(40-47)69(7,8)9)66(58)73-45-72(62-30-18-19-31-63(62)73)50-24-20-25-51(43-50)75-52-34-37-57-56-26-16-17-29-61(56)74(64(57)44-52)65-42-49(38-39-71-65)68(4,5)6;/h13-42,45H,1-12H3;/q-3;. The summed E-state index contributed by atoms with van der Waals surface area (Å²) in [7, 11) is 0. The molecule has 0 saturated carbocycles. The van der Waals surface area contributed by atoms with Crippen molar-refractivity contribution in [2.75, 3.05) is 9.80 Å². The monoisotopic (exact) mass is 1170 g/mol. The molecule has 0 amide bonds. The molecule has 1 aliphatic heterocycles. The second kappa shape index (κ2) is 19.7. The van der Waals surface area contributed by atoms with Crippen LogP contribution in [-0.4, -0.2) is 9.55 Å². The third-order valence-electron chi connectivity index (χ3n) is 14.7. The van der Waals surface area contributed by atoms with Gasteiger partial charge < -0.3 is 19.1 Å². The average Bonchev–Trinajstić information content (AvgIpc) is 3.96. The van der Waals surface area contributed by atoms with Crippen molar-refractivity contribution < 1.29 is 25.8 Å². The number of pyridine rings is 1. The molecule has 0 unspecified atom stereocenters. The Bertz CT molecular complexity index is 3780. The Morgan fingerprint density at radius 3 is 1.79 bits per heavy atom. The number of anilines is 4. The van der Waals surface area contributed by atoms with E-state index in [1.807, 2.05) is 24.4 Å². The Kier molecular flexibility index (Phi) is 13.6. The van der Waals surface area contributed by atoms with Crippen LogP contribution >= 0.6 is 0 Å². The molecule has 2 aromatic heterocycles. The van der Waals surface area contributed by atoms with Crippen molar-refractivity contribution in [3.05, 3.63) is 223 Å². The van der Waals surface area contributed by atoms with Crippen LogP contribution in [0.4, 0.5) is 22.7 Å². The fourth-order valence-corrected chi connectivity index (χ4v) is 10.7. The molecule has 0 saturated heterocycles. The van der Waals surface area contributed by atoms with E-state index in [1.165, 1.54) is 44.5 Å². The first-order valence-corrected chi connectivity index (χ1v) is 26.4. The Hall–Kier alpha value is -7.20.